The molecule has 0 saturated carbocycles. The number of furan rings is 1. The van der Waals surface area contributed by atoms with E-state index in [1.165, 1.54) is 4.90 Å². The molecule has 0 aromatic carbocycles. The number of ether oxygens (including phenoxy) is 1. The molecule has 1 unspecified atom stereocenters. The monoisotopic (exact) mass is 352 g/mol. The summed E-state index contributed by atoms with van der Waals surface area (Å²) in [7, 11) is -2.31. The Morgan fingerprint density at radius 1 is 1.58 bits per heavy atom. The number of rotatable bonds is 3. The van der Waals surface area contributed by atoms with Crippen LogP contribution in [0, 0.1) is 0 Å². The minimum Gasteiger partial charge on any atom is -0.443 e. The molecule has 0 aliphatic carbocycles. The molecule has 0 spiro atoms. The summed E-state index contributed by atoms with van der Waals surface area (Å²) in [4.78, 5) is 13.4. The first-order valence-electron chi connectivity index (χ1n) is 5.47. The standard InChI is InChI=1S/C10H13BrN2O5S/c1-13(6-2-3-17-5-6)10(14)7-4-8(9(11)18-7)19(12,15)16/h4,6H,2-3,5H2,1H3,(H2,12,15,16). The van der Waals surface area contributed by atoms with Crippen LogP contribution in [0.2, 0.25) is 0 Å². The van der Waals surface area contributed by atoms with Gasteiger partial charge in [-0.3, -0.25) is 4.79 Å². The first-order valence-corrected chi connectivity index (χ1v) is 7.81. The molecule has 106 valence electrons. The lowest BCUT2D eigenvalue weighted by Crippen LogP contribution is -2.37. The molecule has 1 amide bonds. The van der Waals surface area contributed by atoms with Gasteiger partial charge in [0.2, 0.25) is 10.0 Å². The van der Waals surface area contributed by atoms with Crippen molar-refractivity contribution in [3.05, 3.63) is 16.5 Å². The maximum absolute atomic E-state index is 12.1. The molecule has 1 saturated heterocycles. The molecule has 7 nitrogen and oxygen atoms in total. The summed E-state index contributed by atoms with van der Waals surface area (Å²) in [5.41, 5.74) is 0. The molecule has 1 aliphatic heterocycles. The van der Waals surface area contributed by atoms with Crippen molar-refractivity contribution in [2.45, 2.75) is 17.4 Å². The average Bonchev–Trinajstić information content (AvgIpc) is 2.94. The number of primary sulfonamides is 1. The Morgan fingerprint density at radius 3 is 2.74 bits per heavy atom. The number of hydrogen-bond acceptors (Lipinski definition) is 5. The Balaban J connectivity index is 2.25. The summed E-state index contributed by atoms with van der Waals surface area (Å²) < 4.78 is 32.7. The van der Waals surface area contributed by atoms with E-state index in [1.54, 1.807) is 7.05 Å². The van der Waals surface area contributed by atoms with Gasteiger partial charge in [-0.05, 0) is 22.4 Å². The van der Waals surface area contributed by atoms with Gasteiger partial charge in [-0.1, -0.05) is 0 Å². The Kier molecular flexibility index (Phi) is 4.00. The summed E-state index contributed by atoms with van der Waals surface area (Å²) in [6.45, 7) is 1.07. The lowest BCUT2D eigenvalue weighted by atomic mass is 10.2. The van der Waals surface area contributed by atoms with Crippen LogP contribution < -0.4 is 5.14 Å². The third-order valence-corrected chi connectivity index (χ3v) is 4.71. The summed E-state index contributed by atoms with van der Waals surface area (Å²) in [5, 5.41) is 5.01. The maximum atomic E-state index is 12.1. The van der Waals surface area contributed by atoms with E-state index >= 15 is 0 Å². The van der Waals surface area contributed by atoms with E-state index in [0.29, 0.717) is 13.2 Å². The van der Waals surface area contributed by atoms with Crippen molar-refractivity contribution >= 4 is 31.9 Å². The second-order valence-electron chi connectivity index (χ2n) is 4.23. The molecule has 9 heteroatoms. The molecule has 1 aliphatic rings. The molecule has 0 radical (unpaired) electrons. The van der Waals surface area contributed by atoms with Crippen molar-refractivity contribution < 1.29 is 22.4 Å². The molecule has 2 N–H and O–H groups in total. The topological polar surface area (TPSA) is 103 Å². The Bertz CT molecular complexity index is 591. The van der Waals surface area contributed by atoms with E-state index in [1.807, 2.05) is 0 Å². The van der Waals surface area contributed by atoms with E-state index in [0.717, 1.165) is 12.5 Å². The van der Waals surface area contributed by atoms with Crippen molar-refractivity contribution in [2.24, 2.45) is 5.14 Å². The number of sulfonamides is 1. The van der Waals surface area contributed by atoms with Crippen LogP contribution in [0.15, 0.2) is 20.0 Å². The zero-order valence-corrected chi connectivity index (χ0v) is 12.5. The third kappa shape index (κ3) is 2.99. The van der Waals surface area contributed by atoms with Crippen molar-refractivity contribution in [1.82, 2.24) is 4.90 Å². The smallest absolute Gasteiger partial charge is 0.289 e. The van der Waals surface area contributed by atoms with E-state index in [2.05, 4.69) is 15.9 Å². The molecule has 2 rings (SSSR count). The molecule has 1 aromatic heterocycles. The molecule has 1 aromatic rings. The van der Waals surface area contributed by atoms with Gasteiger partial charge in [-0.2, -0.15) is 0 Å². The van der Waals surface area contributed by atoms with E-state index in [9.17, 15) is 13.2 Å². The van der Waals surface area contributed by atoms with E-state index in [4.69, 9.17) is 14.3 Å². The largest absolute Gasteiger partial charge is 0.443 e. The number of carbonyl (C=O) groups excluding carboxylic acids is 1. The highest BCUT2D eigenvalue weighted by molar-refractivity contribution is 9.10. The first kappa shape index (κ1) is 14.5. The van der Waals surface area contributed by atoms with Crippen LogP contribution in [0.3, 0.4) is 0 Å². The minimum atomic E-state index is -3.93. The highest BCUT2D eigenvalue weighted by Gasteiger charge is 2.29. The van der Waals surface area contributed by atoms with Gasteiger partial charge in [0.05, 0.1) is 12.6 Å². The Morgan fingerprint density at radius 2 is 2.26 bits per heavy atom. The summed E-state index contributed by atoms with van der Waals surface area (Å²) in [6.07, 6.45) is 0.742. The number of nitrogens with two attached hydrogens (primary N) is 1. The molecule has 1 fully saturated rings. The van der Waals surface area contributed by atoms with Crippen LogP contribution in [-0.4, -0.2) is 45.5 Å². The van der Waals surface area contributed by atoms with Gasteiger partial charge in [0.15, 0.2) is 10.4 Å². The number of halogens is 1. The fraction of sp³-hybridized carbons (Fsp3) is 0.500. The van der Waals surface area contributed by atoms with Crippen molar-refractivity contribution in [1.29, 1.82) is 0 Å². The lowest BCUT2D eigenvalue weighted by molar-refractivity contribution is 0.0678. The predicted octanol–water partition coefficient (Wildman–Crippen LogP) is 0.550. The zero-order valence-electron chi connectivity index (χ0n) is 10.1. The number of nitrogens with zero attached hydrogens (tertiary/aromatic N) is 1. The Labute approximate surface area is 118 Å². The SMILES string of the molecule is CN(C(=O)c1cc(S(N)(=O)=O)c(Br)o1)C1CCOC1. The highest BCUT2D eigenvalue weighted by Crippen LogP contribution is 2.26. The highest BCUT2D eigenvalue weighted by atomic mass is 79.9. The summed E-state index contributed by atoms with van der Waals surface area (Å²) >= 11 is 2.93. The molecule has 1 atom stereocenters. The maximum Gasteiger partial charge on any atom is 0.289 e. The third-order valence-electron chi connectivity index (χ3n) is 2.95. The van der Waals surface area contributed by atoms with E-state index in [-0.39, 0.29) is 21.4 Å². The quantitative estimate of drug-likeness (QED) is 0.855. The van der Waals surface area contributed by atoms with Gasteiger partial charge < -0.3 is 14.1 Å². The van der Waals surface area contributed by atoms with Crippen LogP contribution >= 0.6 is 15.9 Å². The molecule has 0 bridgehead atoms. The first-order chi connectivity index (χ1) is 8.80. The van der Waals surface area contributed by atoms with Crippen LogP contribution in [0.5, 0.6) is 0 Å². The lowest BCUT2D eigenvalue weighted by Gasteiger charge is -2.21. The number of carbonyl (C=O) groups is 1. The predicted molar refractivity (Wildman–Crippen MR) is 69.1 cm³/mol. The molecular weight excluding hydrogens is 340 g/mol. The van der Waals surface area contributed by atoms with Crippen LogP contribution in [0.1, 0.15) is 17.0 Å². The van der Waals surface area contributed by atoms with Crippen LogP contribution in [0.4, 0.5) is 0 Å². The van der Waals surface area contributed by atoms with Gasteiger partial charge in [-0.15, -0.1) is 0 Å². The molecule has 19 heavy (non-hydrogen) atoms. The molecule has 2 heterocycles. The minimum absolute atomic E-state index is 0.0330. The summed E-state index contributed by atoms with van der Waals surface area (Å²) in [5.74, 6) is -0.489. The second-order valence-corrected chi connectivity index (χ2v) is 6.48. The average molecular weight is 353 g/mol. The normalized spacial score (nSPS) is 19.6. The van der Waals surface area contributed by atoms with Gasteiger partial charge in [0, 0.05) is 19.7 Å². The van der Waals surface area contributed by atoms with Gasteiger partial charge in [-0.25, -0.2) is 13.6 Å². The molecular formula is C10H13BrN2O5S. The Hall–Kier alpha value is -0.900. The summed E-state index contributed by atoms with van der Waals surface area (Å²) in [6, 6.07) is 1.09. The fourth-order valence-electron chi connectivity index (χ4n) is 1.82. The van der Waals surface area contributed by atoms with Gasteiger partial charge in [0.25, 0.3) is 5.91 Å². The van der Waals surface area contributed by atoms with Crippen molar-refractivity contribution in [3.8, 4) is 0 Å². The van der Waals surface area contributed by atoms with E-state index < -0.39 is 15.9 Å². The van der Waals surface area contributed by atoms with Crippen LogP contribution in [0.25, 0.3) is 0 Å². The van der Waals surface area contributed by atoms with Crippen LogP contribution in [-0.2, 0) is 14.8 Å². The fourth-order valence-corrected chi connectivity index (χ4v) is 3.32. The van der Waals surface area contributed by atoms with Crippen molar-refractivity contribution in [3.63, 3.8) is 0 Å². The number of amides is 1. The number of hydrogen-bond donors (Lipinski definition) is 1. The second kappa shape index (κ2) is 5.23. The van der Waals surface area contributed by atoms with Gasteiger partial charge in [0.1, 0.15) is 4.90 Å². The number of likely N-dealkylation sites (N-methyl/N-ethyl adjacent to an activating group) is 1. The zero-order chi connectivity index (χ0) is 14.2. The van der Waals surface area contributed by atoms with Gasteiger partial charge >= 0.3 is 0 Å². The van der Waals surface area contributed by atoms with Crippen molar-refractivity contribution in [2.75, 3.05) is 20.3 Å².